The average Bonchev–Trinajstić information content (AvgIpc) is 2.17. The highest BCUT2D eigenvalue weighted by atomic mass is 31.2. The first-order valence-corrected chi connectivity index (χ1v) is 5.77. The molecule has 0 aromatic rings. The highest BCUT2D eigenvalue weighted by Crippen LogP contribution is 2.50. The Morgan fingerprint density at radius 2 is 2.00 bits per heavy atom. The second kappa shape index (κ2) is 6.33. The molecule has 0 spiro atoms. The maximum atomic E-state index is 11.5. The average molecular weight is 208 g/mol. The second-order valence-electron chi connectivity index (χ2n) is 2.54. The zero-order chi connectivity index (χ0) is 10.3. The first-order valence-electron chi connectivity index (χ1n) is 4.16. The van der Waals surface area contributed by atoms with Crippen molar-refractivity contribution in [1.82, 2.24) is 0 Å². The van der Waals surface area contributed by atoms with Crippen molar-refractivity contribution in [2.45, 2.75) is 25.6 Å². The Labute approximate surface area is 79.1 Å². The van der Waals surface area contributed by atoms with Crippen LogP contribution in [0.3, 0.4) is 0 Å². The van der Waals surface area contributed by atoms with Crippen LogP contribution in [0.2, 0.25) is 0 Å². The molecule has 0 saturated heterocycles. The molecule has 0 amide bonds. The number of hydrogen-bond donors (Lipinski definition) is 1. The van der Waals surface area contributed by atoms with Crippen LogP contribution >= 0.6 is 7.60 Å². The van der Waals surface area contributed by atoms with Crippen LogP contribution in [0.25, 0.3) is 0 Å². The third-order valence-corrected chi connectivity index (χ3v) is 3.43. The molecule has 13 heavy (non-hydrogen) atoms. The van der Waals surface area contributed by atoms with Gasteiger partial charge in [-0.25, -0.2) is 0 Å². The fourth-order valence-corrected chi connectivity index (χ4v) is 1.69. The number of unbranched alkanes of at least 4 members (excludes halogenated alkanes) is 1. The lowest BCUT2D eigenvalue weighted by atomic mass is 10.3. The van der Waals surface area contributed by atoms with Gasteiger partial charge in [0.05, 0.1) is 0 Å². The van der Waals surface area contributed by atoms with Gasteiger partial charge in [-0.05, 0) is 12.5 Å². The van der Waals surface area contributed by atoms with Gasteiger partial charge in [0, 0.05) is 14.2 Å². The van der Waals surface area contributed by atoms with Gasteiger partial charge in [0.1, 0.15) is 0 Å². The standard InChI is InChI=1S/C8H17O4P/c1-4-5-6-7-8(9)13(10,11-2)12-3/h6-9H,4-5H2,1-3H3. The van der Waals surface area contributed by atoms with Gasteiger partial charge in [0.15, 0.2) is 5.85 Å². The topological polar surface area (TPSA) is 55.8 Å². The van der Waals surface area contributed by atoms with Crippen molar-refractivity contribution in [3.05, 3.63) is 12.2 Å². The summed E-state index contributed by atoms with van der Waals surface area (Å²) in [6, 6.07) is 0. The zero-order valence-electron chi connectivity index (χ0n) is 8.27. The molecule has 5 heteroatoms. The monoisotopic (exact) mass is 208 g/mol. The summed E-state index contributed by atoms with van der Waals surface area (Å²) in [5.74, 6) is -1.17. The van der Waals surface area contributed by atoms with E-state index >= 15 is 0 Å². The number of rotatable bonds is 6. The van der Waals surface area contributed by atoms with E-state index in [9.17, 15) is 9.67 Å². The van der Waals surface area contributed by atoms with Crippen molar-refractivity contribution in [3.8, 4) is 0 Å². The summed E-state index contributed by atoms with van der Waals surface area (Å²) in [6.45, 7) is 2.02. The summed E-state index contributed by atoms with van der Waals surface area (Å²) in [5, 5.41) is 9.39. The molecule has 0 heterocycles. The van der Waals surface area contributed by atoms with Crippen LogP contribution < -0.4 is 0 Å². The SMILES string of the molecule is CCCC=CC(O)P(=O)(OC)OC. The van der Waals surface area contributed by atoms with Crippen LogP contribution in [0, 0.1) is 0 Å². The Morgan fingerprint density at radius 1 is 1.46 bits per heavy atom. The third kappa shape index (κ3) is 4.05. The fraction of sp³-hybridized carbons (Fsp3) is 0.750. The van der Waals surface area contributed by atoms with Crippen molar-refractivity contribution < 1.29 is 18.7 Å². The van der Waals surface area contributed by atoms with Crippen molar-refractivity contribution in [2.24, 2.45) is 0 Å². The molecule has 0 aliphatic carbocycles. The summed E-state index contributed by atoms with van der Waals surface area (Å²) in [7, 11) is -0.841. The molecule has 0 aliphatic heterocycles. The molecule has 78 valence electrons. The van der Waals surface area contributed by atoms with E-state index in [0.717, 1.165) is 12.8 Å². The second-order valence-corrected chi connectivity index (χ2v) is 4.87. The van der Waals surface area contributed by atoms with Crippen LogP contribution in [0.15, 0.2) is 12.2 Å². The summed E-state index contributed by atoms with van der Waals surface area (Å²) in [5.41, 5.74) is 0. The lowest BCUT2D eigenvalue weighted by Crippen LogP contribution is -2.06. The number of allylic oxidation sites excluding steroid dienone is 1. The molecule has 0 radical (unpaired) electrons. The third-order valence-electron chi connectivity index (χ3n) is 1.60. The van der Waals surface area contributed by atoms with Crippen LogP contribution in [0.4, 0.5) is 0 Å². The number of aliphatic hydroxyl groups excluding tert-OH is 1. The maximum absolute atomic E-state index is 11.5. The van der Waals surface area contributed by atoms with Gasteiger partial charge in [-0.3, -0.25) is 4.57 Å². The predicted molar refractivity (Wildman–Crippen MR) is 51.7 cm³/mol. The van der Waals surface area contributed by atoms with E-state index in [1.54, 1.807) is 6.08 Å². The molecule has 0 rings (SSSR count). The smallest absolute Gasteiger partial charge is 0.362 e. The Balaban J connectivity index is 4.22. The molecule has 0 aromatic carbocycles. The molecule has 0 aromatic heterocycles. The van der Waals surface area contributed by atoms with Gasteiger partial charge < -0.3 is 14.2 Å². The van der Waals surface area contributed by atoms with Gasteiger partial charge in [-0.2, -0.15) is 0 Å². The molecule has 4 nitrogen and oxygen atoms in total. The summed E-state index contributed by atoms with van der Waals surface area (Å²) in [4.78, 5) is 0. The molecular formula is C8H17O4P. The lowest BCUT2D eigenvalue weighted by Gasteiger charge is -2.16. The first kappa shape index (κ1) is 12.8. The minimum absolute atomic E-state index is 0.838. The van der Waals surface area contributed by atoms with E-state index in [1.807, 2.05) is 6.92 Å². The van der Waals surface area contributed by atoms with Crippen LogP contribution in [0.5, 0.6) is 0 Å². The highest BCUT2D eigenvalue weighted by Gasteiger charge is 2.29. The van der Waals surface area contributed by atoms with Crippen LogP contribution in [-0.4, -0.2) is 25.2 Å². The van der Waals surface area contributed by atoms with E-state index < -0.39 is 13.4 Å². The Bertz CT molecular complexity index is 194. The van der Waals surface area contributed by atoms with E-state index in [1.165, 1.54) is 20.3 Å². The molecule has 0 bridgehead atoms. The molecule has 0 saturated carbocycles. The first-order chi connectivity index (χ1) is 6.10. The molecular weight excluding hydrogens is 191 g/mol. The zero-order valence-corrected chi connectivity index (χ0v) is 9.16. The quantitative estimate of drug-likeness (QED) is 0.536. The van der Waals surface area contributed by atoms with Gasteiger partial charge in [-0.1, -0.05) is 19.4 Å². The Hall–Kier alpha value is -0.150. The lowest BCUT2D eigenvalue weighted by molar-refractivity contribution is 0.200. The predicted octanol–water partition coefficient (Wildman–Crippen LogP) is 2.15. The van der Waals surface area contributed by atoms with E-state index in [0.29, 0.717) is 0 Å². The van der Waals surface area contributed by atoms with Crippen molar-refractivity contribution >= 4 is 7.60 Å². The largest absolute Gasteiger partial charge is 0.377 e. The molecule has 1 atom stereocenters. The minimum atomic E-state index is -3.34. The van der Waals surface area contributed by atoms with Crippen molar-refractivity contribution in [2.75, 3.05) is 14.2 Å². The molecule has 0 aliphatic rings. The van der Waals surface area contributed by atoms with E-state index in [-0.39, 0.29) is 0 Å². The maximum Gasteiger partial charge on any atom is 0.362 e. The van der Waals surface area contributed by atoms with Gasteiger partial charge in [0.25, 0.3) is 0 Å². The normalized spacial score (nSPS) is 15.1. The number of aliphatic hydroxyl groups is 1. The molecule has 0 fully saturated rings. The van der Waals surface area contributed by atoms with Gasteiger partial charge in [-0.15, -0.1) is 0 Å². The van der Waals surface area contributed by atoms with Gasteiger partial charge >= 0.3 is 7.60 Å². The Kier molecular flexibility index (Phi) is 6.25. The summed E-state index contributed by atoms with van der Waals surface area (Å²) >= 11 is 0. The van der Waals surface area contributed by atoms with Crippen molar-refractivity contribution in [1.29, 1.82) is 0 Å². The summed E-state index contributed by atoms with van der Waals surface area (Å²) < 4.78 is 20.7. The van der Waals surface area contributed by atoms with Crippen molar-refractivity contribution in [3.63, 3.8) is 0 Å². The van der Waals surface area contributed by atoms with Gasteiger partial charge in [0.2, 0.25) is 0 Å². The highest BCUT2D eigenvalue weighted by molar-refractivity contribution is 7.54. The minimum Gasteiger partial charge on any atom is -0.377 e. The Morgan fingerprint density at radius 3 is 2.38 bits per heavy atom. The van der Waals surface area contributed by atoms with E-state index in [2.05, 4.69) is 9.05 Å². The molecule has 1 N–H and O–H groups in total. The molecule has 1 unspecified atom stereocenters. The van der Waals surface area contributed by atoms with E-state index in [4.69, 9.17) is 0 Å². The fourth-order valence-electron chi connectivity index (χ4n) is 0.781. The number of hydrogen-bond acceptors (Lipinski definition) is 4. The summed E-state index contributed by atoms with van der Waals surface area (Å²) in [6.07, 6.45) is 5.02. The van der Waals surface area contributed by atoms with Crippen LogP contribution in [-0.2, 0) is 13.6 Å². The van der Waals surface area contributed by atoms with Crippen LogP contribution in [0.1, 0.15) is 19.8 Å².